The molecule has 0 saturated heterocycles. The Hall–Kier alpha value is -1.95. The van der Waals surface area contributed by atoms with Gasteiger partial charge < -0.3 is 11.1 Å². The van der Waals surface area contributed by atoms with Crippen LogP contribution in [0, 0.1) is 5.82 Å². The number of benzene rings is 1. The van der Waals surface area contributed by atoms with E-state index in [1.807, 2.05) is 0 Å². The lowest BCUT2D eigenvalue weighted by Crippen LogP contribution is -2.45. The van der Waals surface area contributed by atoms with Crippen LogP contribution in [0.25, 0.3) is 0 Å². The van der Waals surface area contributed by atoms with E-state index in [4.69, 9.17) is 5.73 Å². The molecular weight excluding hydrogens is 261 g/mol. The first-order valence-corrected chi connectivity index (χ1v) is 6.62. The second-order valence-electron chi connectivity index (χ2n) is 4.93. The van der Waals surface area contributed by atoms with E-state index in [1.54, 1.807) is 18.2 Å². The molecule has 1 aromatic carbocycles. The normalized spacial score (nSPS) is 15.5. The molecule has 0 aliphatic heterocycles. The van der Waals surface area contributed by atoms with Gasteiger partial charge in [-0.25, -0.2) is 9.18 Å². The highest BCUT2D eigenvalue weighted by molar-refractivity contribution is 5.85. The molecule has 5 nitrogen and oxygen atoms in total. The van der Waals surface area contributed by atoms with Crippen LogP contribution in [-0.2, 0) is 10.3 Å². The van der Waals surface area contributed by atoms with E-state index in [2.05, 4.69) is 5.32 Å². The van der Waals surface area contributed by atoms with Gasteiger partial charge in [-0.1, -0.05) is 18.2 Å². The van der Waals surface area contributed by atoms with Gasteiger partial charge in [-0.3, -0.25) is 9.69 Å². The number of carbonyl (C=O) groups excluding carboxylic acids is 2. The number of hydrogen-bond acceptors (Lipinski definition) is 3. The van der Waals surface area contributed by atoms with Crippen molar-refractivity contribution >= 4 is 12.4 Å². The first kappa shape index (κ1) is 14.5. The van der Waals surface area contributed by atoms with Gasteiger partial charge in [0, 0.05) is 12.1 Å². The number of nitrogens with zero attached hydrogens (tertiary/aromatic N) is 1. The van der Waals surface area contributed by atoms with Gasteiger partial charge in [-0.2, -0.15) is 0 Å². The van der Waals surface area contributed by atoms with Gasteiger partial charge >= 0.3 is 6.03 Å². The van der Waals surface area contributed by atoms with Crippen molar-refractivity contribution in [1.82, 2.24) is 10.2 Å². The van der Waals surface area contributed by atoms with Crippen LogP contribution in [0.3, 0.4) is 0 Å². The molecule has 0 unspecified atom stereocenters. The van der Waals surface area contributed by atoms with Crippen LogP contribution in [-0.4, -0.2) is 30.4 Å². The Labute approximate surface area is 116 Å². The molecule has 0 aromatic heterocycles. The second kappa shape index (κ2) is 6.00. The Bertz CT molecular complexity index is 503. The molecule has 0 spiro atoms. The van der Waals surface area contributed by atoms with Crippen molar-refractivity contribution in [2.24, 2.45) is 5.73 Å². The van der Waals surface area contributed by atoms with Crippen molar-refractivity contribution in [3.05, 3.63) is 35.6 Å². The summed E-state index contributed by atoms with van der Waals surface area (Å²) in [4.78, 5) is 24.0. The van der Waals surface area contributed by atoms with Crippen molar-refractivity contribution in [1.29, 1.82) is 0 Å². The highest BCUT2D eigenvalue weighted by Gasteiger charge is 2.47. The molecule has 1 aromatic rings. The van der Waals surface area contributed by atoms with Gasteiger partial charge in [0.05, 0.1) is 5.54 Å². The molecule has 108 valence electrons. The molecule has 3 amide bonds. The van der Waals surface area contributed by atoms with E-state index in [9.17, 15) is 14.0 Å². The van der Waals surface area contributed by atoms with Crippen LogP contribution in [0.2, 0.25) is 0 Å². The third kappa shape index (κ3) is 2.96. The molecule has 6 heteroatoms. The maximum Gasteiger partial charge on any atom is 0.324 e. The van der Waals surface area contributed by atoms with E-state index in [1.165, 1.54) is 6.07 Å². The summed E-state index contributed by atoms with van der Waals surface area (Å²) >= 11 is 0. The monoisotopic (exact) mass is 279 g/mol. The van der Waals surface area contributed by atoms with Crippen LogP contribution in [0.4, 0.5) is 9.18 Å². The standard InChI is InChI=1S/C14H18FN3O2/c15-12-5-2-1-4-11(12)14(6-7-14)17-13(20)18(10-19)9-3-8-16/h1-2,4-5,10H,3,6-9,16H2,(H,17,20). The lowest BCUT2D eigenvalue weighted by atomic mass is 10.0. The van der Waals surface area contributed by atoms with Crippen LogP contribution >= 0.6 is 0 Å². The minimum atomic E-state index is -0.674. The largest absolute Gasteiger partial charge is 0.330 e. The quantitative estimate of drug-likeness (QED) is 0.771. The Balaban J connectivity index is 2.07. The van der Waals surface area contributed by atoms with E-state index in [-0.39, 0.29) is 12.4 Å². The molecule has 0 atom stereocenters. The number of nitrogens with two attached hydrogens (primary N) is 1. The summed E-state index contributed by atoms with van der Waals surface area (Å²) in [6.45, 7) is 0.662. The Kier molecular flexibility index (Phi) is 4.34. The summed E-state index contributed by atoms with van der Waals surface area (Å²) < 4.78 is 13.8. The van der Waals surface area contributed by atoms with Crippen LogP contribution in [0.5, 0.6) is 0 Å². The fraction of sp³-hybridized carbons (Fsp3) is 0.429. The molecule has 2 rings (SSSR count). The lowest BCUT2D eigenvalue weighted by Gasteiger charge is -2.22. The Morgan fingerprint density at radius 1 is 1.45 bits per heavy atom. The van der Waals surface area contributed by atoms with Crippen LogP contribution in [0.1, 0.15) is 24.8 Å². The van der Waals surface area contributed by atoms with Crippen LogP contribution < -0.4 is 11.1 Å². The number of imide groups is 1. The molecule has 1 aliphatic carbocycles. The summed E-state index contributed by atoms with van der Waals surface area (Å²) in [7, 11) is 0. The smallest absolute Gasteiger partial charge is 0.324 e. The number of halogens is 1. The number of nitrogens with one attached hydrogen (secondary N) is 1. The number of rotatable bonds is 6. The predicted molar refractivity (Wildman–Crippen MR) is 72.3 cm³/mol. The van der Waals surface area contributed by atoms with Crippen molar-refractivity contribution in [3.63, 3.8) is 0 Å². The van der Waals surface area contributed by atoms with E-state index in [0.717, 1.165) is 4.90 Å². The molecule has 0 radical (unpaired) electrons. The van der Waals surface area contributed by atoms with Gasteiger partial charge in [-0.05, 0) is 31.9 Å². The third-order valence-electron chi connectivity index (χ3n) is 3.48. The average molecular weight is 279 g/mol. The minimum absolute atomic E-state index is 0.263. The molecule has 1 fully saturated rings. The highest BCUT2D eigenvalue weighted by atomic mass is 19.1. The Morgan fingerprint density at radius 2 is 2.15 bits per heavy atom. The zero-order valence-corrected chi connectivity index (χ0v) is 11.1. The maximum absolute atomic E-state index is 13.8. The zero-order valence-electron chi connectivity index (χ0n) is 11.1. The summed E-state index contributed by atoms with van der Waals surface area (Å²) in [6, 6.07) is 5.86. The van der Waals surface area contributed by atoms with E-state index < -0.39 is 11.6 Å². The number of carbonyl (C=O) groups is 2. The van der Waals surface area contributed by atoms with Gasteiger partial charge in [0.2, 0.25) is 6.41 Å². The highest BCUT2D eigenvalue weighted by Crippen LogP contribution is 2.46. The van der Waals surface area contributed by atoms with Gasteiger partial charge in [-0.15, -0.1) is 0 Å². The predicted octanol–water partition coefficient (Wildman–Crippen LogP) is 1.33. The fourth-order valence-corrected chi connectivity index (χ4v) is 2.18. The number of hydrogen-bond donors (Lipinski definition) is 2. The van der Waals surface area contributed by atoms with Gasteiger partial charge in [0.25, 0.3) is 0 Å². The third-order valence-corrected chi connectivity index (χ3v) is 3.48. The average Bonchev–Trinajstić information content (AvgIpc) is 3.20. The topological polar surface area (TPSA) is 75.4 Å². The van der Waals surface area contributed by atoms with Crippen molar-refractivity contribution in [3.8, 4) is 0 Å². The van der Waals surface area contributed by atoms with Gasteiger partial charge in [0.1, 0.15) is 5.82 Å². The second-order valence-corrected chi connectivity index (χ2v) is 4.93. The Morgan fingerprint density at radius 3 is 2.70 bits per heavy atom. The summed E-state index contributed by atoms with van der Waals surface area (Å²) in [6.07, 6.45) is 2.35. The van der Waals surface area contributed by atoms with Crippen LogP contribution in [0.15, 0.2) is 24.3 Å². The zero-order chi connectivity index (χ0) is 14.6. The first-order valence-electron chi connectivity index (χ1n) is 6.62. The SMILES string of the molecule is NCCCN(C=O)C(=O)NC1(c2ccccc2F)CC1. The number of urea groups is 1. The molecule has 0 heterocycles. The van der Waals surface area contributed by atoms with Crippen molar-refractivity contribution in [2.75, 3.05) is 13.1 Å². The summed E-state index contributed by atoms with van der Waals surface area (Å²) in [5.41, 5.74) is 5.15. The molecule has 3 N–H and O–H groups in total. The van der Waals surface area contributed by atoms with Gasteiger partial charge in [0.15, 0.2) is 0 Å². The maximum atomic E-state index is 13.8. The van der Waals surface area contributed by atoms with Crippen molar-refractivity contribution < 1.29 is 14.0 Å². The molecular formula is C14H18FN3O2. The van der Waals surface area contributed by atoms with E-state index in [0.29, 0.717) is 37.8 Å². The minimum Gasteiger partial charge on any atom is -0.330 e. The summed E-state index contributed by atoms with van der Waals surface area (Å²) in [5.74, 6) is -0.343. The molecule has 0 bridgehead atoms. The molecule has 20 heavy (non-hydrogen) atoms. The molecule has 1 aliphatic rings. The van der Waals surface area contributed by atoms with E-state index >= 15 is 0 Å². The fourth-order valence-electron chi connectivity index (χ4n) is 2.18. The first-order chi connectivity index (χ1) is 9.63. The number of amides is 3. The van der Waals surface area contributed by atoms with Crippen molar-refractivity contribution in [2.45, 2.75) is 24.8 Å². The lowest BCUT2D eigenvalue weighted by molar-refractivity contribution is -0.115. The summed E-state index contributed by atoms with van der Waals surface area (Å²) in [5, 5.41) is 2.76. The molecule has 1 saturated carbocycles.